The summed E-state index contributed by atoms with van der Waals surface area (Å²) in [4.78, 5) is 66.0. The minimum absolute atomic E-state index is 0. The number of ether oxygens (including phenoxy) is 9. The highest BCUT2D eigenvalue weighted by Gasteiger charge is 2.24. The molecule has 4 N–H and O–H groups in total. The number of benzene rings is 14. The van der Waals surface area contributed by atoms with E-state index in [-0.39, 0.29) is 71.0 Å². The standard InChI is InChI=1S/2C31H26N2O6S.C27H25NO3.C24H19NO4.ClH/c1-37-30-19-24(31(34)33-40(35,36)27-11-3-2-4-12-27)15-17-29(30)39-20-22-8-7-10-26(18-22)38-21-25-16-14-23-9-5-6-13-28(23)32-25;1-37-30-18-23(31(34)33-40(35,36)28-11-3-2-4-12-28)14-15-24(30)20-38-26-9-7-10-27(19-26)39-21-25-17-16-22-8-5-6-13-29(22)32-25;29-27(30)16-14-23(21-8-2-1-3-9-21)17-20-7-6-11-25(18-20)31-19-24-15-13-22-10-4-5-12-26(22)28-24;26-24(27)19-7-3-5-17(13-19)15-28-21-8-4-9-22(14-21)29-16-20-12-11-18-6-1-2-10-23(18)25-20;/h2*2-19H,20-21H2,1H3,(H,33,34);1-13,15,18,23H,14,16-17,19H2,(H,29,30);1-14H,15-16H2,(H,26,27);1H. The summed E-state index contributed by atoms with van der Waals surface area (Å²) in [6.07, 6.45) is 1.53. The Morgan fingerprint density at radius 2 is 0.652 bits per heavy atom. The number of nitrogens with one attached hydrogen (secondary N) is 2. The van der Waals surface area contributed by atoms with E-state index in [2.05, 4.69) is 53.6 Å². The molecule has 0 aliphatic heterocycles. The summed E-state index contributed by atoms with van der Waals surface area (Å²) in [5.41, 5.74) is 12.2. The molecule has 0 saturated heterocycles. The minimum Gasteiger partial charge on any atom is -0.496 e. The second-order valence-corrected chi connectivity index (χ2v) is 35.2. The monoisotopic (exact) mass is 1940 g/mol. The first-order chi connectivity index (χ1) is 68.2. The number of carbonyl (C=O) groups is 4. The average Bonchev–Trinajstić information content (AvgIpc) is 0.817. The lowest BCUT2D eigenvalue weighted by Gasteiger charge is -2.17. The van der Waals surface area contributed by atoms with E-state index in [1.54, 1.807) is 72.8 Å². The number of fused-ring (bicyclic) bond motifs is 4. The molecule has 14 aromatic carbocycles. The van der Waals surface area contributed by atoms with Crippen LogP contribution >= 0.6 is 12.4 Å². The molecule has 2 amide bonds. The third-order valence-electron chi connectivity index (χ3n) is 21.9. The number of aliphatic carboxylic acids is 1. The Labute approximate surface area is 821 Å². The van der Waals surface area contributed by atoms with E-state index in [1.807, 2.05) is 249 Å². The molecule has 141 heavy (non-hydrogen) atoms. The number of carboxylic acids is 2. The highest BCUT2D eigenvalue weighted by molar-refractivity contribution is 7.90. The van der Waals surface area contributed by atoms with Crippen LogP contribution in [0.25, 0.3) is 43.6 Å². The number of nitrogens with zero attached hydrogens (tertiary/aromatic N) is 4. The maximum Gasteiger partial charge on any atom is 0.335 e. The number of hydrogen-bond acceptors (Lipinski definition) is 21. The summed E-state index contributed by atoms with van der Waals surface area (Å²) in [5.74, 6) is 1.97. The van der Waals surface area contributed by atoms with Crippen molar-refractivity contribution in [2.24, 2.45) is 0 Å². The molecule has 0 aliphatic rings. The number of methoxy groups -OCH3 is 2. The number of aromatic carboxylic acids is 1. The van der Waals surface area contributed by atoms with Crippen molar-refractivity contribution >= 4 is 99.8 Å². The highest BCUT2D eigenvalue weighted by atomic mass is 35.5. The van der Waals surface area contributed by atoms with Crippen LogP contribution in [0.4, 0.5) is 0 Å². The van der Waals surface area contributed by atoms with Gasteiger partial charge in [-0.05, 0) is 205 Å². The maximum absolute atomic E-state index is 12.7. The van der Waals surface area contributed by atoms with Gasteiger partial charge in [0.15, 0.2) is 11.5 Å². The molecule has 18 aromatic rings. The summed E-state index contributed by atoms with van der Waals surface area (Å²) in [5, 5.41) is 22.6. The molecule has 0 fully saturated rings. The minimum atomic E-state index is -4.01. The van der Waals surface area contributed by atoms with Gasteiger partial charge in [0.05, 0.1) is 74.4 Å². The van der Waals surface area contributed by atoms with Crippen LogP contribution in [0.2, 0.25) is 0 Å². The summed E-state index contributed by atoms with van der Waals surface area (Å²) in [6, 6.07) is 119. The molecular weight excluding hydrogens is 1840 g/mol. The third kappa shape index (κ3) is 29.0. The topological polar surface area (TPSA) is 336 Å². The van der Waals surface area contributed by atoms with Crippen LogP contribution in [0, 0.1) is 0 Å². The fourth-order valence-electron chi connectivity index (χ4n) is 14.8. The molecule has 0 spiro atoms. The molecule has 28 heteroatoms. The Balaban J connectivity index is 0.000000151. The van der Waals surface area contributed by atoms with E-state index >= 15 is 0 Å². The average molecular weight is 1940 g/mol. The zero-order valence-corrected chi connectivity index (χ0v) is 79.0. The van der Waals surface area contributed by atoms with E-state index in [9.17, 15) is 36.0 Å². The fraction of sp³-hybridized carbons (Fsp3) is 0.115. The Morgan fingerprint density at radius 1 is 0.305 bits per heavy atom. The van der Waals surface area contributed by atoms with Crippen LogP contribution in [0.3, 0.4) is 0 Å². The zero-order chi connectivity index (χ0) is 97.4. The van der Waals surface area contributed by atoms with Gasteiger partial charge in [0, 0.05) is 56.8 Å². The highest BCUT2D eigenvalue weighted by Crippen LogP contribution is 2.34. The molecule has 4 heterocycles. The number of carbonyl (C=O) groups excluding carboxylic acids is 2. The van der Waals surface area contributed by atoms with E-state index in [0.29, 0.717) is 84.4 Å². The largest absolute Gasteiger partial charge is 0.496 e. The summed E-state index contributed by atoms with van der Waals surface area (Å²) < 4.78 is 106. The van der Waals surface area contributed by atoms with Gasteiger partial charge in [0.1, 0.15) is 86.5 Å². The second kappa shape index (κ2) is 49.1. The molecule has 1 atom stereocenters. The van der Waals surface area contributed by atoms with Gasteiger partial charge in [-0.15, -0.1) is 12.4 Å². The molecule has 0 bridgehead atoms. The Bertz CT molecular complexity index is 7350. The van der Waals surface area contributed by atoms with E-state index in [4.69, 9.17) is 52.8 Å². The first-order valence-electron chi connectivity index (χ1n) is 44.5. The van der Waals surface area contributed by atoms with Gasteiger partial charge < -0.3 is 52.8 Å². The van der Waals surface area contributed by atoms with Gasteiger partial charge in [-0.3, -0.25) is 14.4 Å². The molecule has 712 valence electrons. The number of sulfonamides is 2. The van der Waals surface area contributed by atoms with E-state index in [0.717, 1.165) is 101 Å². The van der Waals surface area contributed by atoms with Crippen LogP contribution in [-0.2, 0) is 77.5 Å². The normalized spacial score (nSPS) is 11.1. The van der Waals surface area contributed by atoms with Crippen molar-refractivity contribution in [3.63, 3.8) is 0 Å². The van der Waals surface area contributed by atoms with Crippen molar-refractivity contribution in [3.05, 3.63) is 462 Å². The van der Waals surface area contributed by atoms with Crippen molar-refractivity contribution in [1.82, 2.24) is 29.4 Å². The summed E-state index contributed by atoms with van der Waals surface area (Å²) in [7, 11) is -5.10. The maximum atomic E-state index is 12.7. The van der Waals surface area contributed by atoms with Gasteiger partial charge in [0.25, 0.3) is 31.9 Å². The predicted molar refractivity (Wildman–Crippen MR) is 542 cm³/mol. The van der Waals surface area contributed by atoms with Gasteiger partial charge in [-0.2, -0.15) is 0 Å². The first kappa shape index (κ1) is 99.9. The lowest BCUT2D eigenvalue weighted by atomic mass is 9.88. The van der Waals surface area contributed by atoms with E-state index in [1.165, 1.54) is 62.8 Å². The number of carboxylic acid groups (broad SMARTS) is 2. The van der Waals surface area contributed by atoms with Crippen LogP contribution in [0.5, 0.6) is 51.7 Å². The lowest BCUT2D eigenvalue weighted by Crippen LogP contribution is -2.30. The van der Waals surface area contributed by atoms with Crippen LogP contribution in [-0.4, -0.2) is 85.0 Å². The Hall–Kier alpha value is -17.0. The van der Waals surface area contributed by atoms with Crippen molar-refractivity contribution in [2.45, 2.75) is 81.2 Å². The van der Waals surface area contributed by atoms with E-state index < -0.39 is 43.8 Å². The van der Waals surface area contributed by atoms with Crippen molar-refractivity contribution < 1.29 is 88.9 Å². The molecular formula is C113H97ClN6O19S2. The van der Waals surface area contributed by atoms with Crippen molar-refractivity contribution in [3.8, 4) is 51.7 Å². The Kier molecular flexibility index (Phi) is 34.8. The van der Waals surface area contributed by atoms with Gasteiger partial charge >= 0.3 is 11.9 Å². The third-order valence-corrected chi connectivity index (χ3v) is 24.6. The smallest absolute Gasteiger partial charge is 0.335 e. The number of halogens is 1. The summed E-state index contributed by atoms with van der Waals surface area (Å²) >= 11 is 0. The molecule has 1 unspecified atom stereocenters. The fourth-order valence-corrected chi connectivity index (χ4v) is 16.8. The van der Waals surface area contributed by atoms with Gasteiger partial charge in [0.2, 0.25) is 0 Å². The van der Waals surface area contributed by atoms with Crippen molar-refractivity contribution in [2.75, 3.05) is 14.2 Å². The molecule has 0 radical (unpaired) electrons. The van der Waals surface area contributed by atoms with Crippen LogP contribution in [0.1, 0.15) is 100 Å². The zero-order valence-electron chi connectivity index (χ0n) is 76.5. The Morgan fingerprint density at radius 3 is 1.08 bits per heavy atom. The number of aromatic nitrogens is 4. The molecule has 0 aliphatic carbocycles. The first-order valence-corrected chi connectivity index (χ1v) is 47.5. The van der Waals surface area contributed by atoms with Gasteiger partial charge in [-0.25, -0.2) is 51.0 Å². The number of para-hydroxylation sites is 4. The number of amides is 2. The molecule has 18 rings (SSSR count). The molecule has 0 saturated carbocycles. The number of hydrogen-bond donors (Lipinski definition) is 4. The quantitative estimate of drug-likeness (QED) is 0.0283. The molecule has 4 aromatic heterocycles. The second-order valence-electron chi connectivity index (χ2n) is 31.9. The number of rotatable bonds is 36. The lowest BCUT2D eigenvalue weighted by molar-refractivity contribution is -0.137. The van der Waals surface area contributed by atoms with Crippen LogP contribution in [0.15, 0.2) is 404 Å². The SMILES string of the molecule is COc1cc(C(=O)NS(=O)(=O)c2ccccc2)ccc1COc1cccc(OCc2ccc3ccccc3n2)c1.COc1cc(C(=O)NS(=O)(=O)c2ccccc2)ccc1OCc1cccc(OCc2ccc3ccccc3n2)c1.Cl.O=C(O)CCC(Cc1cccc(OCc2ccc3ccccc3n2)c1)c1ccccc1.O=C(O)c1cccc(COc2cccc(OCc3ccc4ccccc4n3)c2)c1. The predicted octanol–water partition coefficient (Wildman–Crippen LogP) is 22.6. The summed E-state index contributed by atoms with van der Waals surface area (Å²) in [6.45, 7) is 2.04. The van der Waals surface area contributed by atoms with Crippen LogP contribution < -0.4 is 52.1 Å². The van der Waals surface area contributed by atoms with Crippen molar-refractivity contribution in [1.29, 1.82) is 0 Å². The molecule has 25 nitrogen and oxygen atoms in total. The van der Waals surface area contributed by atoms with Gasteiger partial charge in [-0.1, -0.05) is 218 Å². The number of pyridine rings is 4.